The maximum absolute atomic E-state index is 14.1. The van der Waals surface area contributed by atoms with Gasteiger partial charge < -0.3 is 25.2 Å². The summed E-state index contributed by atoms with van der Waals surface area (Å²) < 4.78 is 55.3. The first-order valence-electron chi connectivity index (χ1n) is 14.4. The summed E-state index contributed by atoms with van der Waals surface area (Å²) >= 11 is 0. The van der Waals surface area contributed by atoms with Crippen LogP contribution >= 0.6 is 0 Å². The van der Waals surface area contributed by atoms with Crippen molar-refractivity contribution < 1.29 is 42.5 Å². The Morgan fingerprint density at radius 2 is 1.48 bits per heavy atom. The minimum atomic E-state index is -4.54. The number of aromatic nitrogens is 1. The number of aliphatic hydroxyl groups excluding tert-OH is 2. The molecule has 7 nitrogen and oxygen atoms in total. The monoisotopic (exact) mass is 668 g/mol. The fourth-order valence-corrected chi connectivity index (χ4v) is 5.42. The molecule has 0 aliphatic carbocycles. The molecule has 0 radical (unpaired) electrons. The van der Waals surface area contributed by atoms with Crippen molar-refractivity contribution in [2.75, 3.05) is 5.32 Å². The van der Waals surface area contributed by atoms with Gasteiger partial charge in [0.05, 0.1) is 35.4 Å². The van der Waals surface area contributed by atoms with Crippen LogP contribution in [-0.4, -0.2) is 81.7 Å². The number of benzene rings is 3. The van der Waals surface area contributed by atoms with Gasteiger partial charge in [0.2, 0.25) is 0 Å². The van der Waals surface area contributed by atoms with Crippen molar-refractivity contribution in [3.05, 3.63) is 102 Å². The number of hydrogen-bond donors (Lipinski definition) is 4. The van der Waals surface area contributed by atoms with Crippen molar-refractivity contribution in [2.24, 2.45) is 0 Å². The fraction of sp³-hybridized carbons (Fsp3) is 0.294. The molecular formula is C34H36CaF4N2O5. The quantitative estimate of drug-likeness (QED) is 0.103. The first-order chi connectivity index (χ1) is 21.3. The Labute approximate surface area is 293 Å². The summed E-state index contributed by atoms with van der Waals surface area (Å²) in [5.74, 6) is -2.51. The summed E-state index contributed by atoms with van der Waals surface area (Å²) in [6, 6.07) is 18.8. The van der Waals surface area contributed by atoms with Crippen molar-refractivity contribution in [3.63, 3.8) is 0 Å². The molecule has 46 heavy (non-hydrogen) atoms. The van der Waals surface area contributed by atoms with Crippen LogP contribution in [0.5, 0.6) is 0 Å². The standard InChI is InChI=1S/C34H34F4N2O5.Ca.2H/c1-20(2)31-30(33(45)39-25-14-10-23(11-15-25)34(36,37)38)29(21-6-4-3-5-7-21)32(22-8-12-24(35)13-9-22)40(31)17-16-26(41)18-27(42)19-28(43)44;;;/h3-15,20,26-27,41-42H,16-19H2,1-2H3,(H,39,45)(H,43,44);;;/t26-,27-;;;/m1.../s1. The summed E-state index contributed by atoms with van der Waals surface area (Å²) in [6.45, 7) is 3.89. The summed E-state index contributed by atoms with van der Waals surface area (Å²) in [7, 11) is 0. The van der Waals surface area contributed by atoms with E-state index in [1.54, 1.807) is 24.3 Å². The number of rotatable bonds is 12. The summed E-state index contributed by atoms with van der Waals surface area (Å²) in [5, 5.41) is 32.5. The molecule has 4 rings (SSSR count). The minimum absolute atomic E-state index is 0. The Morgan fingerprint density at radius 1 is 0.870 bits per heavy atom. The van der Waals surface area contributed by atoms with E-state index in [4.69, 9.17) is 5.11 Å². The number of nitrogens with one attached hydrogen (secondary N) is 1. The molecule has 0 fully saturated rings. The van der Waals surface area contributed by atoms with Crippen LogP contribution in [0.3, 0.4) is 0 Å². The van der Waals surface area contributed by atoms with E-state index in [0.717, 1.165) is 12.1 Å². The summed E-state index contributed by atoms with van der Waals surface area (Å²) in [4.78, 5) is 25.1. The first-order valence-corrected chi connectivity index (χ1v) is 14.4. The molecule has 2 atom stereocenters. The van der Waals surface area contributed by atoms with Crippen LogP contribution in [0.4, 0.5) is 23.2 Å². The Kier molecular flexibility index (Phi) is 13.0. The number of nitrogens with zero attached hydrogens (tertiary/aromatic N) is 1. The Morgan fingerprint density at radius 3 is 2.02 bits per heavy atom. The number of hydrogen-bond acceptors (Lipinski definition) is 4. The fourth-order valence-electron chi connectivity index (χ4n) is 5.42. The molecule has 12 heteroatoms. The second-order valence-electron chi connectivity index (χ2n) is 11.1. The van der Waals surface area contributed by atoms with Gasteiger partial charge in [0, 0.05) is 23.5 Å². The third kappa shape index (κ3) is 9.19. The van der Waals surface area contributed by atoms with Gasteiger partial charge in [-0.1, -0.05) is 44.2 Å². The summed E-state index contributed by atoms with van der Waals surface area (Å²) in [5.41, 5.74) is 2.42. The number of carboxylic acids is 1. The molecule has 1 aromatic heterocycles. The molecule has 0 aliphatic rings. The number of anilines is 1. The molecule has 4 N–H and O–H groups in total. The number of halogens is 4. The number of carbonyl (C=O) groups is 2. The van der Waals surface area contributed by atoms with Gasteiger partial charge in [0.15, 0.2) is 0 Å². The van der Waals surface area contributed by atoms with Gasteiger partial charge in [-0.05, 0) is 78.4 Å². The molecule has 1 heterocycles. The van der Waals surface area contributed by atoms with Gasteiger partial charge in [-0.3, -0.25) is 9.59 Å². The topological polar surface area (TPSA) is 112 Å². The number of carboxylic acid groups (broad SMARTS) is 1. The molecule has 242 valence electrons. The van der Waals surface area contributed by atoms with Crippen LogP contribution in [-0.2, 0) is 17.5 Å². The Hall–Kier alpha value is -3.22. The molecule has 0 saturated heterocycles. The molecule has 4 aromatic rings. The van der Waals surface area contributed by atoms with E-state index in [1.165, 1.54) is 24.3 Å². The zero-order valence-corrected chi connectivity index (χ0v) is 24.7. The maximum atomic E-state index is 14.1. The third-order valence-corrected chi connectivity index (χ3v) is 7.37. The molecule has 3 aromatic carbocycles. The predicted molar refractivity (Wildman–Crippen MR) is 171 cm³/mol. The number of amides is 1. The van der Waals surface area contributed by atoms with Crippen LogP contribution in [0, 0.1) is 5.82 Å². The molecule has 0 spiro atoms. The van der Waals surface area contributed by atoms with Gasteiger partial charge in [-0.25, -0.2) is 4.39 Å². The Balaban J connectivity index is 0.00000576. The van der Waals surface area contributed by atoms with Crippen molar-refractivity contribution in [1.82, 2.24) is 4.57 Å². The van der Waals surface area contributed by atoms with Crippen LogP contribution in [0.25, 0.3) is 22.4 Å². The number of carbonyl (C=O) groups excluding carboxylic acids is 1. The summed E-state index contributed by atoms with van der Waals surface area (Å²) in [6.07, 6.45) is -7.48. The van der Waals surface area contributed by atoms with Crippen LogP contribution in [0.15, 0.2) is 78.9 Å². The second-order valence-corrected chi connectivity index (χ2v) is 11.1. The number of aliphatic carboxylic acids is 1. The predicted octanol–water partition coefficient (Wildman–Crippen LogP) is 6.42. The van der Waals surface area contributed by atoms with E-state index in [9.17, 15) is 37.4 Å². The number of alkyl halides is 3. The molecule has 1 amide bonds. The van der Waals surface area contributed by atoms with Gasteiger partial charge in [-0.2, -0.15) is 13.2 Å². The second kappa shape index (κ2) is 16.1. The van der Waals surface area contributed by atoms with E-state index in [0.29, 0.717) is 28.1 Å². The van der Waals surface area contributed by atoms with Crippen LogP contribution in [0.1, 0.15) is 60.6 Å². The van der Waals surface area contributed by atoms with Gasteiger partial charge >= 0.3 is 49.9 Å². The normalized spacial score (nSPS) is 12.8. The van der Waals surface area contributed by atoms with E-state index in [2.05, 4.69) is 5.32 Å². The van der Waals surface area contributed by atoms with E-state index in [-0.39, 0.29) is 74.3 Å². The third-order valence-electron chi connectivity index (χ3n) is 7.37. The SMILES string of the molecule is CC(C)c1c(C(=O)Nc2ccc(C(F)(F)F)cc2)c(-c2ccccc2)c(-c2ccc(F)cc2)n1CC[C@@H](O)C[C@@H](O)CC(=O)O.[CaH2]. The van der Waals surface area contributed by atoms with E-state index >= 15 is 0 Å². The molecule has 0 saturated carbocycles. The zero-order chi connectivity index (χ0) is 32.9. The molecular weight excluding hydrogens is 632 g/mol. The number of aliphatic hydroxyl groups is 2. The van der Waals surface area contributed by atoms with Crippen molar-refractivity contribution >= 4 is 55.3 Å². The zero-order valence-electron chi connectivity index (χ0n) is 24.7. The van der Waals surface area contributed by atoms with Gasteiger partial charge in [0.25, 0.3) is 5.91 Å². The van der Waals surface area contributed by atoms with E-state index in [1.807, 2.05) is 36.6 Å². The van der Waals surface area contributed by atoms with Crippen molar-refractivity contribution in [3.8, 4) is 22.4 Å². The van der Waals surface area contributed by atoms with Crippen LogP contribution < -0.4 is 5.32 Å². The van der Waals surface area contributed by atoms with E-state index < -0.39 is 48.1 Å². The van der Waals surface area contributed by atoms with Gasteiger partial charge in [-0.15, -0.1) is 0 Å². The average Bonchev–Trinajstić information content (AvgIpc) is 3.32. The van der Waals surface area contributed by atoms with Crippen molar-refractivity contribution in [2.45, 2.75) is 64.0 Å². The molecule has 0 unspecified atom stereocenters. The van der Waals surface area contributed by atoms with Crippen LogP contribution in [0.2, 0.25) is 0 Å². The Bertz CT molecular complexity index is 1620. The molecule has 0 bridgehead atoms. The average molecular weight is 669 g/mol. The first kappa shape index (κ1) is 37.2. The van der Waals surface area contributed by atoms with Crippen molar-refractivity contribution in [1.29, 1.82) is 0 Å². The molecule has 0 aliphatic heterocycles. The van der Waals surface area contributed by atoms with Gasteiger partial charge in [0.1, 0.15) is 5.82 Å².